The fourth-order valence-electron chi connectivity index (χ4n) is 2.25. The fourth-order valence-corrected chi connectivity index (χ4v) is 2.25. The topological polar surface area (TPSA) is 61.5 Å². The molecule has 1 heterocycles. The van der Waals surface area contributed by atoms with Crippen LogP contribution in [0.4, 0.5) is 0 Å². The average molecular weight is 294 g/mol. The molecule has 0 unspecified atom stereocenters. The standard InChI is InChI=1S/C14H27NO3.ClH/c1-10(2)6-7-12-5-4-8-17-9-13(15)14(16)18-11(12)3;/h10-13H,4-9,15H2,1-3H3;1H/t11-,12-,13-;/m0./s1. The van der Waals surface area contributed by atoms with Gasteiger partial charge >= 0.3 is 5.97 Å². The van der Waals surface area contributed by atoms with Gasteiger partial charge in [0.2, 0.25) is 0 Å². The predicted molar refractivity (Wildman–Crippen MR) is 78.4 cm³/mol. The smallest absolute Gasteiger partial charge is 0.325 e. The highest BCUT2D eigenvalue weighted by Crippen LogP contribution is 2.23. The minimum atomic E-state index is -0.642. The molecule has 0 aromatic rings. The molecular formula is C14H28ClNO3. The zero-order chi connectivity index (χ0) is 13.5. The van der Waals surface area contributed by atoms with Crippen LogP contribution in [0.15, 0.2) is 0 Å². The molecule has 3 atom stereocenters. The molecule has 19 heavy (non-hydrogen) atoms. The molecule has 114 valence electrons. The van der Waals surface area contributed by atoms with E-state index < -0.39 is 6.04 Å². The van der Waals surface area contributed by atoms with E-state index in [0.29, 0.717) is 18.4 Å². The maximum atomic E-state index is 11.7. The Morgan fingerprint density at radius 3 is 2.74 bits per heavy atom. The maximum Gasteiger partial charge on any atom is 0.325 e. The molecule has 4 nitrogen and oxygen atoms in total. The van der Waals surface area contributed by atoms with E-state index in [4.69, 9.17) is 15.2 Å². The summed E-state index contributed by atoms with van der Waals surface area (Å²) in [5.41, 5.74) is 5.70. The van der Waals surface area contributed by atoms with Crippen molar-refractivity contribution < 1.29 is 14.3 Å². The normalized spacial score (nSPS) is 29.5. The van der Waals surface area contributed by atoms with Gasteiger partial charge in [0.15, 0.2) is 0 Å². The van der Waals surface area contributed by atoms with Gasteiger partial charge in [-0.15, -0.1) is 12.4 Å². The van der Waals surface area contributed by atoms with Gasteiger partial charge in [0, 0.05) is 6.61 Å². The molecular weight excluding hydrogens is 266 g/mol. The van der Waals surface area contributed by atoms with E-state index in [0.717, 1.165) is 19.3 Å². The molecule has 2 N–H and O–H groups in total. The quantitative estimate of drug-likeness (QED) is 0.812. The van der Waals surface area contributed by atoms with Gasteiger partial charge in [-0.1, -0.05) is 20.3 Å². The molecule has 0 aromatic carbocycles. The Balaban J connectivity index is 0.00000324. The number of rotatable bonds is 3. The molecule has 1 fully saturated rings. The van der Waals surface area contributed by atoms with Crippen molar-refractivity contribution in [2.45, 2.75) is 58.6 Å². The van der Waals surface area contributed by atoms with Crippen LogP contribution >= 0.6 is 12.4 Å². The lowest BCUT2D eigenvalue weighted by molar-refractivity contribution is -0.155. The number of cyclic esters (lactones) is 1. The Labute approximate surface area is 122 Å². The molecule has 0 spiro atoms. The Hall–Kier alpha value is -0.320. The van der Waals surface area contributed by atoms with Crippen LogP contribution in [0.2, 0.25) is 0 Å². The van der Waals surface area contributed by atoms with Crippen molar-refractivity contribution in [3.63, 3.8) is 0 Å². The molecule has 1 aliphatic rings. The summed E-state index contributed by atoms with van der Waals surface area (Å²) in [6.07, 6.45) is 4.29. The van der Waals surface area contributed by atoms with Crippen molar-refractivity contribution in [2.24, 2.45) is 17.6 Å². The van der Waals surface area contributed by atoms with Crippen molar-refractivity contribution >= 4 is 18.4 Å². The molecule has 0 bridgehead atoms. The van der Waals surface area contributed by atoms with Crippen LogP contribution in [0.5, 0.6) is 0 Å². The molecule has 1 rings (SSSR count). The van der Waals surface area contributed by atoms with E-state index in [1.807, 2.05) is 6.92 Å². The molecule has 0 saturated carbocycles. The molecule has 0 aromatic heterocycles. The number of carbonyl (C=O) groups excluding carboxylic acids is 1. The number of ether oxygens (including phenoxy) is 2. The lowest BCUT2D eigenvalue weighted by Crippen LogP contribution is -2.40. The van der Waals surface area contributed by atoms with Gasteiger partial charge in [-0.25, -0.2) is 0 Å². The van der Waals surface area contributed by atoms with Crippen molar-refractivity contribution in [3.05, 3.63) is 0 Å². The Kier molecular flexibility index (Phi) is 9.40. The largest absolute Gasteiger partial charge is 0.461 e. The number of hydrogen-bond acceptors (Lipinski definition) is 4. The zero-order valence-corrected chi connectivity index (χ0v) is 13.1. The van der Waals surface area contributed by atoms with Gasteiger partial charge in [-0.2, -0.15) is 0 Å². The van der Waals surface area contributed by atoms with Crippen LogP contribution in [0.3, 0.4) is 0 Å². The molecule has 0 amide bonds. The van der Waals surface area contributed by atoms with E-state index >= 15 is 0 Å². The summed E-state index contributed by atoms with van der Waals surface area (Å²) in [7, 11) is 0. The lowest BCUT2D eigenvalue weighted by Gasteiger charge is -2.27. The molecule has 0 radical (unpaired) electrons. The molecule has 1 aliphatic heterocycles. The lowest BCUT2D eigenvalue weighted by atomic mass is 9.90. The van der Waals surface area contributed by atoms with Crippen LogP contribution in [-0.2, 0) is 14.3 Å². The van der Waals surface area contributed by atoms with Gasteiger partial charge in [-0.3, -0.25) is 4.79 Å². The van der Waals surface area contributed by atoms with Crippen LogP contribution in [0.25, 0.3) is 0 Å². The predicted octanol–water partition coefficient (Wildman–Crippen LogP) is 2.53. The van der Waals surface area contributed by atoms with Gasteiger partial charge in [0.05, 0.1) is 6.61 Å². The third-order valence-corrected chi connectivity index (χ3v) is 3.54. The van der Waals surface area contributed by atoms with Gasteiger partial charge in [0.25, 0.3) is 0 Å². The summed E-state index contributed by atoms with van der Waals surface area (Å²) < 4.78 is 10.8. The van der Waals surface area contributed by atoms with Gasteiger partial charge < -0.3 is 15.2 Å². The van der Waals surface area contributed by atoms with Crippen molar-refractivity contribution in [1.82, 2.24) is 0 Å². The van der Waals surface area contributed by atoms with E-state index in [9.17, 15) is 4.79 Å². The van der Waals surface area contributed by atoms with Crippen molar-refractivity contribution in [1.29, 1.82) is 0 Å². The van der Waals surface area contributed by atoms with Crippen LogP contribution < -0.4 is 5.73 Å². The van der Waals surface area contributed by atoms with E-state index in [-0.39, 0.29) is 31.1 Å². The number of carbonyl (C=O) groups is 1. The zero-order valence-electron chi connectivity index (χ0n) is 12.3. The van der Waals surface area contributed by atoms with E-state index in [1.54, 1.807) is 0 Å². The second kappa shape index (κ2) is 9.56. The summed E-state index contributed by atoms with van der Waals surface area (Å²) >= 11 is 0. The van der Waals surface area contributed by atoms with Gasteiger partial charge in [0.1, 0.15) is 12.1 Å². The monoisotopic (exact) mass is 293 g/mol. The number of hydrogen-bond donors (Lipinski definition) is 1. The third-order valence-electron chi connectivity index (χ3n) is 3.54. The minimum absolute atomic E-state index is 0. The Bertz CT molecular complexity index is 261. The van der Waals surface area contributed by atoms with Crippen LogP contribution in [0, 0.1) is 11.8 Å². The number of nitrogens with two attached hydrogens (primary N) is 1. The second-order valence-electron chi connectivity index (χ2n) is 5.70. The summed E-state index contributed by atoms with van der Waals surface area (Å²) in [6, 6.07) is -0.642. The number of halogens is 1. The number of esters is 1. The van der Waals surface area contributed by atoms with Crippen LogP contribution in [0.1, 0.15) is 46.5 Å². The average Bonchev–Trinajstić information content (AvgIpc) is 2.30. The first kappa shape index (κ1) is 18.7. The highest BCUT2D eigenvalue weighted by atomic mass is 35.5. The summed E-state index contributed by atoms with van der Waals surface area (Å²) in [5.74, 6) is 0.769. The van der Waals surface area contributed by atoms with Crippen molar-refractivity contribution in [3.8, 4) is 0 Å². The first-order valence-corrected chi connectivity index (χ1v) is 7.04. The highest BCUT2D eigenvalue weighted by Gasteiger charge is 2.25. The summed E-state index contributed by atoms with van der Waals surface area (Å²) in [5, 5.41) is 0. The fraction of sp³-hybridized carbons (Fsp3) is 0.929. The Morgan fingerprint density at radius 1 is 1.42 bits per heavy atom. The third kappa shape index (κ3) is 7.14. The minimum Gasteiger partial charge on any atom is -0.461 e. The summed E-state index contributed by atoms with van der Waals surface area (Å²) in [4.78, 5) is 11.7. The first-order valence-electron chi connectivity index (χ1n) is 7.04. The first-order chi connectivity index (χ1) is 8.50. The molecule has 5 heteroatoms. The molecule has 1 saturated heterocycles. The summed E-state index contributed by atoms with van der Waals surface area (Å²) in [6.45, 7) is 7.37. The molecule has 0 aliphatic carbocycles. The van der Waals surface area contributed by atoms with E-state index in [1.165, 1.54) is 6.42 Å². The van der Waals surface area contributed by atoms with Crippen molar-refractivity contribution in [2.75, 3.05) is 13.2 Å². The van der Waals surface area contributed by atoms with E-state index in [2.05, 4.69) is 13.8 Å². The highest BCUT2D eigenvalue weighted by molar-refractivity contribution is 5.85. The van der Waals surface area contributed by atoms with Gasteiger partial charge in [-0.05, 0) is 38.0 Å². The second-order valence-corrected chi connectivity index (χ2v) is 5.70. The maximum absolute atomic E-state index is 11.7. The SMILES string of the molecule is CC(C)CC[C@@H]1CCCOC[C@H](N)C(=O)O[C@H]1C.Cl. The Morgan fingerprint density at radius 2 is 2.11 bits per heavy atom. The van der Waals surface area contributed by atoms with Crippen LogP contribution in [-0.4, -0.2) is 31.3 Å².